The quantitative estimate of drug-likeness (QED) is 0.890. The van der Waals surface area contributed by atoms with Crippen LogP contribution in [0.1, 0.15) is 36.4 Å². The highest BCUT2D eigenvalue weighted by molar-refractivity contribution is 7.07. The Kier molecular flexibility index (Phi) is 3.85. The molecule has 0 saturated carbocycles. The van der Waals surface area contributed by atoms with Gasteiger partial charge in [-0.15, -0.1) is 0 Å². The molecule has 0 amide bonds. The summed E-state index contributed by atoms with van der Waals surface area (Å²) in [6.45, 7) is 4.02. The number of rotatable bonds is 5. The fraction of sp³-hybridized carbons (Fsp3) is 0.375. The van der Waals surface area contributed by atoms with E-state index in [0.717, 1.165) is 25.3 Å². The topological polar surface area (TPSA) is 21.3 Å². The Morgan fingerprint density at radius 3 is 3.05 bits per heavy atom. The largest absolute Gasteiger partial charge is 0.493 e. The summed E-state index contributed by atoms with van der Waals surface area (Å²) >= 11 is 1.76. The Labute approximate surface area is 118 Å². The van der Waals surface area contributed by atoms with Crippen molar-refractivity contribution in [2.75, 3.05) is 13.2 Å². The molecule has 19 heavy (non-hydrogen) atoms. The van der Waals surface area contributed by atoms with Gasteiger partial charge in [0.25, 0.3) is 0 Å². The molecule has 3 rings (SSSR count). The molecular weight excluding hydrogens is 254 g/mol. The third kappa shape index (κ3) is 2.53. The molecular formula is C16H19NOS. The van der Waals surface area contributed by atoms with Gasteiger partial charge in [0.1, 0.15) is 5.75 Å². The van der Waals surface area contributed by atoms with E-state index in [2.05, 4.69) is 47.3 Å². The van der Waals surface area contributed by atoms with Gasteiger partial charge in [0.05, 0.1) is 6.61 Å². The molecule has 3 heteroatoms. The summed E-state index contributed by atoms with van der Waals surface area (Å²) < 4.78 is 5.83. The van der Waals surface area contributed by atoms with Crippen LogP contribution in [0.15, 0.2) is 41.1 Å². The fourth-order valence-corrected chi connectivity index (χ4v) is 3.40. The molecule has 0 radical (unpaired) electrons. The van der Waals surface area contributed by atoms with Crippen LogP contribution >= 0.6 is 11.3 Å². The second kappa shape index (κ2) is 5.76. The van der Waals surface area contributed by atoms with E-state index in [4.69, 9.17) is 4.74 Å². The molecule has 0 saturated heterocycles. The predicted molar refractivity (Wildman–Crippen MR) is 80.0 cm³/mol. The first-order valence-electron chi connectivity index (χ1n) is 6.87. The average Bonchev–Trinajstić information content (AvgIpc) is 3.09. The van der Waals surface area contributed by atoms with Gasteiger partial charge in [0.15, 0.2) is 0 Å². The molecule has 1 N–H and O–H groups in total. The van der Waals surface area contributed by atoms with Crippen molar-refractivity contribution in [3.05, 3.63) is 52.2 Å². The zero-order valence-electron chi connectivity index (χ0n) is 11.1. The predicted octanol–water partition coefficient (Wildman–Crippen LogP) is 3.97. The molecule has 1 aromatic carbocycles. The van der Waals surface area contributed by atoms with E-state index in [9.17, 15) is 0 Å². The SMILES string of the molecule is CCCNC(c1ccsc1)C1COc2ccccc21. The highest BCUT2D eigenvalue weighted by Gasteiger charge is 2.31. The van der Waals surface area contributed by atoms with E-state index < -0.39 is 0 Å². The van der Waals surface area contributed by atoms with Crippen LogP contribution in [0.5, 0.6) is 5.75 Å². The molecule has 100 valence electrons. The third-order valence-corrected chi connectivity index (χ3v) is 4.36. The van der Waals surface area contributed by atoms with Crippen molar-refractivity contribution in [1.82, 2.24) is 5.32 Å². The van der Waals surface area contributed by atoms with Crippen LogP contribution in [0.4, 0.5) is 0 Å². The standard InChI is InChI=1S/C16H19NOS/c1-2-8-17-16(12-7-9-19-11-12)14-10-18-15-6-4-3-5-13(14)15/h3-7,9,11,14,16-17H,2,8,10H2,1H3. The smallest absolute Gasteiger partial charge is 0.122 e. The highest BCUT2D eigenvalue weighted by atomic mass is 32.1. The normalized spacial score (nSPS) is 18.9. The number of nitrogens with one attached hydrogen (secondary N) is 1. The van der Waals surface area contributed by atoms with Crippen LogP contribution in [0.2, 0.25) is 0 Å². The lowest BCUT2D eigenvalue weighted by atomic mass is 9.89. The number of para-hydroxylation sites is 1. The lowest BCUT2D eigenvalue weighted by molar-refractivity contribution is 0.299. The minimum Gasteiger partial charge on any atom is -0.493 e. The van der Waals surface area contributed by atoms with Crippen molar-refractivity contribution in [3.63, 3.8) is 0 Å². The maximum Gasteiger partial charge on any atom is 0.122 e. The first kappa shape index (κ1) is 12.7. The van der Waals surface area contributed by atoms with E-state index in [0.29, 0.717) is 12.0 Å². The number of benzene rings is 1. The summed E-state index contributed by atoms with van der Waals surface area (Å²) in [5, 5.41) is 8.08. The maximum absolute atomic E-state index is 5.83. The maximum atomic E-state index is 5.83. The Bertz CT molecular complexity index is 523. The van der Waals surface area contributed by atoms with Crippen molar-refractivity contribution in [3.8, 4) is 5.75 Å². The molecule has 2 atom stereocenters. The Morgan fingerprint density at radius 1 is 1.37 bits per heavy atom. The monoisotopic (exact) mass is 273 g/mol. The van der Waals surface area contributed by atoms with Gasteiger partial charge in [-0.1, -0.05) is 25.1 Å². The summed E-state index contributed by atoms with van der Waals surface area (Å²) in [7, 11) is 0. The molecule has 1 aliphatic rings. The van der Waals surface area contributed by atoms with Gasteiger partial charge < -0.3 is 10.1 Å². The number of hydrogen-bond donors (Lipinski definition) is 1. The van der Waals surface area contributed by atoms with E-state index in [1.165, 1.54) is 11.1 Å². The van der Waals surface area contributed by atoms with Gasteiger partial charge in [-0.05, 0) is 41.4 Å². The molecule has 2 nitrogen and oxygen atoms in total. The molecule has 2 unspecified atom stereocenters. The molecule has 1 aliphatic heterocycles. The molecule has 0 spiro atoms. The van der Waals surface area contributed by atoms with Crippen molar-refractivity contribution in [2.45, 2.75) is 25.3 Å². The van der Waals surface area contributed by atoms with E-state index in [1.54, 1.807) is 11.3 Å². The molecule has 1 aromatic heterocycles. The summed E-state index contributed by atoms with van der Waals surface area (Å²) in [6.07, 6.45) is 1.15. The lowest BCUT2D eigenvalue weighted by Crippen LogP contribution is -2.28. The van der Waals surface area contributed by atoms with Crippen LogP contribution in [-0.2, 0) is 0 Å². The average molecular weight is 273 g/mol. The lowest BCUT2D eigenvalue weighted by Gasteiger charge is -2.23. The van der Waals surface area contributed by atoms with Crippen LogP contribution in [-0.4, -0.2) is 13.2 Å². The van der Waals surface area contributed by atoms with Crippen LogP contribution in [0.25, 0.3) is 0 Å². The zero-order valence-corrected chi connectivity index (χ0v) is 12.0. The second-order valence-corrected chi connectivity index (χ2v) is 5.72. The minimum atomic E-state index is 0.356. The van der Waals surface area contributed by atoms with Gasteiger partial charge in [0, 0.05) is 17.5 Å². The molecule has 2 heterocycles. The molecule has 0 bridgehead atoms. The van der Waals surface area contributed by atoms with E-state index >= 15 is 0 Å². The number of thiophene rings is 1. The number of fused-ring (bicyclic) bond motifs is 1. The first-order valence-corrected chi connectivity index (χ1v) is 7.81. The number of ether oxygens (including phenoxy) is 1. The third-order valence-electron chi connectivity index (χ3n) is 3.66. The summed E-state index contributed by atoms with van der Waals surface area (Å²) in [5.41, 5.74) is 2.71. The van der Waals surface area contributed by atoms with Crippen LogP contribution < -0.4 is 10.1 Å². The van der Waals surface area contributed by atoms with Crippen molar-refractivity contribution in [1.29, 1.82) is 0 Å². The Balaban J connectivity index is 1.89. The van der Waals surface area contributed by atoms with E-state index in [1.807, 2.05) is 6.07 Å². The van der Waals surface area contributed by atoms with Crippen LogP contribution in [0, 0.1) is 0 Å². The second-order valence-electron chi connectivity index (χ2n) is 4.94. The van der Waals surface area contributed by atoms with E-state index in [-0.39, 0.29) is 0 Å². The van der Waals surface area contributed by atoms with Gasteiger partial charge >= 0.3 is 0 Å². The molecule has 2 aromatic rings. The van der Waals surface area contributed by atoms with Crippen molar-refractivity contribution < 1.29 is 4.74 Å². The zero-order chi connectivity index (χ0) is 13.1. The van der Waals surface area contributed by atoms with Crippen molar-refractivity contribution >= 4 is 11.3 Å². The van der Waals surface area contributed by atoms with Crippen molar-refractivity contribution in [2.24, 2.45) is 0 Å². The van der Waals surface area contributed by atoms with Crippen LogP contribution in [0.3, 0.4) is 0 Å². The number of hydrogen-bond acceptors (Lipinski definition) is 3. The van der Waals surface area contributed by atoms with Gasteiger partial charge in [-0.2, -0.15) is 11.3 Å². The summed E-state index contributed by atoms with van der Waals surface area (Å²) in [5.74, 6) is 1.46. The molecule has 0 aliphatic carbocycles. The first-order chi connectivity index (χ1) is 9.40. The fourth-order valence-electron chi connectivity index (χ4n) is 2.71. The Morgan fingerprint density at radius 2 is 2.26 bits per heavy atom. The molecule has 0 fully saturated rings. The Hall–Kier alpha value is -1.32. The summed E-state index contributed by atoms with van der Waals surface area (Å²) in [4.78, 5) is 0. The minimum absolute atomic E-state index is 0.356. The summed E-state index contributed by atoms with van der Waals surface area (Å²) in [6, 6.07) is 11.0. The van der Waals surface area contributed by atoms with Gasteiger partial charge in [-0.25, -0.2) is 0 Å². The highest BCUT2D eigenvalue weighted by Crippen LogP contribution is 2.41. The van der Waals surface area contributed by atoms with Gasteiger partial charge in [0.2, 0.25) is 0 Å². The van der Waals surface area contributed by atoms with Gasteiger partial charge in [-0.3, -0.25) is 0 Å².